The molecule has 0 aliphatic carbocycles. The smallest absolute Gasteiger partial charge is 0.339 e. The fourth-order valence-corrected chi connectivity index (χ4v) is 4.83. The topological polar surface area (TPSA) is 110 Å². The summed E-state index contributed by atoms with van der Waals surface area (Å²) in [5.74, 6) is -1.58. The molecule has 0 bridgehead atoms. The SMILES string of the molecule is Cc1ccc(N2C(=O)NC(=O)/C(=C\c3ccc(OS(=O)(=O)c4ccc(C)cc4)c(Br)c3)C2=O)cc1. The minimum Gasteiger partial charge on any atom is -0.378 e. The van der Waals surface area contributed by atoms with Gasteiger partial charge in [-0.3, -0.25) is 14.9 Å². The van der Waals surface area contributed by atoms with Crippen molar-refractivity contribution in [2.45, 2.75) is 18.7 Å². The molecule has 0 aromatic heterocycles. The fraction of sp³-hybridized carbons (Fsp3) is 0.0800. The van der Waals surface area contributed by atoms with Crippen molar-refractivity contribution in [3.8, 4) is 5.75 Å². The van der Waals surface area contributed by atoms with E-state index in [1.807, 2.05) is 13.8 Å². The minimum atomic E-state index is -4.07. The van der Waals surface area contributed by atoms with Crippen LogP contribution < -0.4 is 14.4 Å². The van der Waals surface area contributed by atoms with E-state index in [1.54, 1.807) is 36.4 Å². The molecule has 3 aromatic rings. The van der Waals surface area contributed by atoms with E-state index in [9.17, 15) is 22.8 Å². The van der Waals surface area contributed by atoms with E-state index in [2.05, 4.69) is 21.2 Å². The number of carbonyl (C=O) groups is 3. The van der Waals surface area contributed by atoms with E-state index in [1.165, 1.54) is 36.4 Å². The van der Waals surface area contributed by atoms with Gasteiger partial charge in [0.25, 0.3) is 11.8 Å². The zero-order chi connectivity index (χ0) is 25.3. The van der Waals surface area contributed by atoms with E-state index >= 15 is 0 Å². The number of carbonyl (C=O) groups excluding carboxylic acids is 3. The summed E-state index contributed by atoms with van der Waals surface area (Å²) in [5.41, 5.74) is 2.34. The number of amides is 4. The lowest BCUT2D eigenvalue weighted by molar-refractivity contribution is -0.122. The van der Waals surface area contributed by atoms with Crippen LogP contribution >= 0.6 is 15.9 Å². The fourth-order valence-electron chi connectivity index (χ4n) is 3.30. The average molecular weight is 555 g/mol. The number of aryl methyl sites for hydroxylation is 2. The van der Waals surface area contributed by atoms with Crippen LogP contribution in [-0.2, 0) is 19.7 Å². The number of hydrogen-bond acceptors (Lipinski definition) is 6. The lowest BCUT2D eigenvalue weighted by atomic mass is 10.1. The summed E-state index contributed by atoms with van der Waals surface area (Å²) < 4.78 is 30.7. The molecule has 1 heterocycles. The Morgan fingerprint density at radius 3 is 2.09 bits per heavy atom. The Hall–Kier alpha value is -3.76. The maximum absolute atomic E-state index is 13.0. The predicted molar refractivity (Wildman–Crippen MR) is 133 cm³/mol. The van der Waals surface area contributed by atoms with E-state index in [-0.39, 0.29) is 20.7 Å². The van der Waals surface area contributed by atoms with Crippen molar-refractivity contribution in [1.29, 1.82) is 0 Å². The molecule has 0 spiro atoms. The van der Waals surface area contributed by atoms with Crippen LogP contribution in [0.15, 0.2) is 81.7 Å². The zero-order valence-corrected chi connectivity index (χ0v) is 21.0. The van der Waals surface area contributed by atoms with Gasteiger partial charge >= 0.3 is 16.1 Å². The molecule has 178 valence electrons. The second-order valence-corrected chi connectivity index (χ2v) is 10.2. The van der Waals surface area contributed by atoms with Gasteiger partial charge in [-0.05, 0) is 77.8 Å². The maximum atomic E-state index is 13.0. The highest BCUT2D eigenvalue weighted by molar-refractivity contribution is 9.10. The summed E-state index contributed by atoms with van der Waals surface area (Å²) in [4.78, 5) is 38.6. The van der Waals surface area contributed by atoms with E-state index in [4.69, 9.17) is 4.18 Å². The molecule has 4 amide bonds. The molecule has 1 fully saturated rings. The Labute approximate surface area is 210 Å². The van der Waals surface area contributed by atoms with Crippen molar-refractivity contribution < 1.29 is 27.0 Å². The number of benzene rings is 3. The molecule has 4 rings (SSSR count). The molecule has 1 aliphatic rings. The number of barbiturate groups is 1. The maximum Gasteiger partial charge on any atom is 0.339 e. The van der Waals surface area contributed by atoms with Crippen molar-refractivity contribution in [3.63, 3.8) is 0 Å². The highest BCUT2D eigenvalue weighted by Crippen LogP contribution is 2.30. The number of imide groups is 2. The number of anilines is 1. The Kier molecular flexibility index (Phi) is 6.60. The third-order valence-electron chi connectivity index (χ3n) is 5.17. The van der Waals surface area contributed by atoms with Gasteiger partial charge in [0, 0.05) is 0 Å². The normalized spacial score (nSPS) is 15.3. The van der Waals surface area contributed by atoms with Gasteiger partial charge in [-0.2, -0.15) is 8.42 Å². The Bertz CT molecular complexity index is 1480. The first-order valence-electron chi connectivity index (χ1n) is 10.3. The third-order valence-corrected chi connectivity index (χ3v) is 7.04. The van der Waals surface area contributed by atoms with Gasteiger partial charge in [-0.25, -0.2) is 9.69 Å². The highest BCUT2D eigenvalue weighted by atomic mass is 79.9. The van der Waals surface area contributed by atoms with E-state index in [0.717, 1.165) is 16.0 Å². The standard InChI is InChI=1S/C25H19BrN2O6S/c1-15-3-8-18(9-4-15)28-24(30)20(23(29)27-25(28)31)13-17-7-12-22(21(26)14-17)34-35(32,33)19-10-5-16(2)6-11-19/h3-14H,1-2H3,(H,27,29,31)/b20-13+. The zero-order valence-electron chi connectivity index (χ0n) is 18.6. The number of hydrogen-bond donors (Lipinski definition) is 1. The molecule has 3 aromatic carbocycles. The number of nitrogens with zero attached hydrogens (tertiary/aromatic N) is 1. The van der Waals surface area contributed by atoms with Crippen LogP contribution in [0, 0.1) is 13.8 Å². The minimum absolute atomic E-state index is 0.00605. The highest BCUT2D eigenvalue weighted by Gasteiger charge is 2.36. The monoisotopic (exact) mass is 554 g/mol. The van der Waals surface area contributed by atoms with Crippen LogP contribution in [0.3, 0.4) is 0 Å². The summed E-state index contributed by atoms with van der Waals surface area (Å²) in [6.45, 7) is 3.71. The van der Waals surface area contributed by atoms with Gasteiger partial charge in [-0.1, -0.05) is 41.5 Å². The number of rotatable bonds is 5. The Balaban J connectivity index is 1.61. The van der Waals surface area contributed by atoms with Gasteiger partial charge in [0.05, 0.1) is 10.2 Å². The summed E-state index contributed by atoms with van der Waals surface area (Å²) in [5, 5.41) is 2.17. The number of halogens is 1. The molecule has 0 saturated carbocycles. The number of urea groups is 1. The Morgan fingerprint density at radius 2 is 1.49 bits per heavy atom. The average Bonchev–Trinajstić information content (AvgIpc) is 2.80. The van der Waals surface area contributed by atoms with Crippen LogP contribution in [0.25, 0.3) is 6.08 Å². The van der Waals surface area contributed by atoms with Gasteiger partial charge in [-0.15, -0.1) is 0 Å². The number of nitrogens with one attached hydrogen (secondary N) is 1. The van der Waals surface area contributed by atoms with Crippen LogP contribution in [0.5, 0.6) is 5.75 Å². The molecular weight excluding hydrogens is 536 g/mol. The van der Waals surface area contributed by atoms with Crippen molar-refractivity contribution in [2.24, 2.45) is 0 Å². The third kappa shape index (κ3) is 5.18. The molecule has 0 unspecified atom stereocenters. The van der Waals surface area contributed by atoms with Gasteiger partial charge in [0.15, 0.2) is 5.75 Å². The lowest BCUT2D eigenvalue weighted by Gasteiger charge is -2.26. The van der Waals surface area contributed by atoms with Crippen molar-refractivity contribution in [2.75, 3.05) is 4.90 Å². The molecule has 0 atom stereocenters. The second kappa shape index (κ2) is 9.47. The largest absolute Gasteiger partial charge is 0.378 e. The van der Waals surface area contributed by atoms with Crippen molar-refractivity contribution >= 4 is 55.7 Å². The molecule has 1 aliphatic heterocycles. The lowest BCUT2D eigenvalue weighted by Crippen LogP contribution is -2.54. The molecule has 0 radical (unpaired) electrons. The summed E-state index contributed by atoms with van der Waals surface area (Å²) in [6, 6.07) is 16.5. The van der Waals surface area contributed by atoms with E-state index < -0.39 is 28.0 Å². The molecule has 10 heteroatoms. The van der Waals surface area contributed by atoms with Gasteiger partial charge in [0.2, 0.25) is 0 Å². The predicted octanol–water partition coefficient (Wildman–Crippen LogP) is 4.50. The van der Waals surface area contributed by atoms with Gasteiger partial charge in [0.1, 0.15) is 10.5 Å². The molecule has 35 heavy (non-hydrogen) atoms. The first-order chi connectivity index (χ1) is 16.5. The molecule has 8 nitrogen and oxygen atoms in total. The molecule has 1 N–H and O–H groups in total. The first kappa shape index (κ1) is 24.4. The quantitative estimate of drug-likeness (QED) is 0.282. The van der Waals surface area contributed by atoms with Crippen molar-refractivity contribution in [1.82, 2.24) is 5.32 Å². The molecule has 1 saturated heterocycles. The summed E-state index contributed by atoms with van der Waals surface area (Å²) in [6.07, 6.45) is 1.31. The Morgan fingerprint density at radius 1 is 0.886 bits per heavy atom. The second-order valence-electron chi connectivity index (χ2n) is 7.83. The van der Waals surface area contributed by atoms with Gasteiger partial charge < -0.3 is 4.18 Å². The van der Waals surface area contributed by atoms with Crippen LogP contribution in [0.1, 0.15) is 16.7 Å². The van der Waals surface area contributed by atoms with E-state index in [0.29, 0.717) is 11.3 Å². The van der Waals surface area contributed by atoms with Crippen LogP contribution in [0.4, 0.5) is 10.5 Å². The summed E-state index contributed by atoms with van der Waals surface area (Å²) >= 11 is 3.28. The molecular formula is C25H19BrN2O6S. The van der Waals surface area contributed by atoms with Crippen molar-refractivity contribution in [3.05, 3.63) is 93.5 Å². The first-order valence-corrected chi connectivity index (χ1v) is 12.5. The summed E-state index contributed by atoms with van der Waals surface area (Å²) in [7, 11) is -4.07. The van der Waals surface area contributed by atoms with Crippen LogP contribution in [0.2, 0.25) is 0 Å². The van der Waals surface area contributed by atoms with Crippen LogP contribution in [-0.4, -0.2) is 26.3 Å².